The molecular weight excluding hydrogens is 457 g/mol. The van der Waals surface area contributed by atoms with Gasteiger partial charge in [0.1, 0.15) is 18.4 Å². The molecule has 9 heteroatoms. The van der Waals surface area contributed by atoms with Crippen molar-refractivity contribution in [2.24, 2.45) is 0 Å². The number of carbonyl (C=O) groups is 2. The minimum absolute atomic E-state index is 0.108. The molecular formula is C25H34FN3O4S. The van der Waals surface area contributed by atoms with Gasteiger partial charge in [-0.25, -0.2) is 12.8 Å². The van der Waals surface area contributed by atoms with E-state index in [4.69, 9.17) is 0 Å². The standard InChI is InChI=1S/C25H34FN3O4S/c1-7-19(4)27-25(31)20(5)28(15-21-10-8-9-11-22(21)26)24(30)16-29(34(6,32)33)23-14-17(2)12-13-18(23)3/h8-14,19-20H,7,15-16H2,1-6H3,(H,27,31)/t19-,20+/m1/s1. The number of hydrogen-bond acceptors (Lipinski definition) is 4. The molecule has 7 nitrogen and oxygen atoms in total. The van der Waals surface area contributed by atoms with Crippen molar-refractivity contribution in [3.8, 4) is 0 Å². The van der Waals surface area contributed by atoms with Gasteiger partial charge in [0.15, 0.2) is 0 Å². The Morgan fingerprint density at radius 2 is 1.74 bits per heavy atom. The number of carbonyl (C=O) groups excluding carboxylic acids is 2. The number of nitrogens with zero attached hydrogens (tertiary/aromatic N) is 2. The molecule has 34 heavy (non-hydrogen) atoms. The first-order valence-electron chi connectivity index (χ1n) is 11.2. The summed E-state index contributed by atoms with van der Waals surface area (Å²) in [4.78, 5) is 27.6. The second-order valence-corrected chi connectivity index (χ2v) is 10.6. The smallest absolute Gasteiger partial charge is 0.244 e. The zero-order valence-corrected chi connectivity index (χ0v) is 21.4. The van der Waals surface area contributed by atoms with Gasteiger partial charge < -0.3 is 10.2 Å². The molecule has 0 aliphatic rings. The van der Waals surface area contributed by atoms with Crippen LogP contribution in [0.2, 0.25) is 0 Å². The van der Waals surface area contributed by atoms with E-state index in [0.717, 1.165) is 16.1 Å². The molecule has 186 valence electrons. The minimum Gasteiger partial charge on any atom is -0.352 e. The Hall–Kier alpha value is -2.94. The lowest BCUT2D eigenvalue weighted by Gasteiger charge is -2.32. The molecule has 0 heterocycles. The highest BCUT2D eigenvalue weighted by molar-refractivity contribution is 7.92. The van der Waals surface area contributed by atoms with Crippen LogP contribution in [0, 0.1) is 19.7 Å². The molecule has 0 radical (unpaired) electrons. The second kappa shape index (κ2) is 11.5. The van der Waals surface area contributed by atoms with Gasteiger partial charge in [-0.2, -0.15) is 0 Å². The highest BCUT2D eigenvalue weighted by atomic mass is 32.2. The predicted molar refractivity (Wildman–Crippen MR) is 132 cm³/mol. The average Bonchev–Trinajstić information content (AvgIpc) is 2.77. The van der Waals surface area contributed by atoms with Gasteiger partial charge in [-0.3, -0.25) is 13.9 Å². The number of hydrogen-bond donors (Lipinski definition) is 1. The summed E-state index contributed by atoms with van der Waals surface area (Å²) >= 11 is 0. The van der Waals surface area contributed by atoms with E-state index >= 15 is 0 Å². The van der Waals surface area contributed by atoms with Crippen LogP contribution in [0.5, 0.6) is 0 Å². The van der Waals surface area contributed by atoms with Crippen molar-refractivity contribution in [3.05, 3.63) is 65.0 Å². The van der Waals surface area contributed by atoms with E-state index < -0.39 is 40.2 Å². The van der Waals surface area contributed by atoms with Crippen molar-refractivity contribution in [1.82, 2.24) is 10.2 Å². The summed E-state index contributed by atoms with van der Waals surface area (Å²) in [6, 6.07) is 10.3. The summed E-state index contributed by atoms with van der Waals surface area (Å²) in [6.45, 7) is 8.22. The van der Waals surface area contributed by atoms with E-state index in [1.54, 1.807) is 32.0 Å². The average molecular weight is 492 g/mol. The predicted octanol–water partition coefficient (Wildman–Crippen LogP) is 3.54. The molecule has 2 rings (SSSR count). The lowest BCUT2D eigenvalue weighted by Crippen LogP contribution is -2.52. The molecule has 0 saturated heterocycles. The topological polar surface area (TPSA) is 86.8 Å². The number of rotatable bonds is 10. The Morgan fingerprint density at radius 1 is 1.09 bits per heavy atom. The number of amides is 2. The Kier molecular flexibility index (Phi) is 9.21. The van der Waals surface area contributed by atoms with Crippen molar-refractivity contribution in [2.75, 3.05) is 17.1 Å². The number of halogens is 1. The zero-order valence-electron chi connectivity index (χ0n) is 20.6. The molecule has 0 spiro atoms. The van der Waals surface area contributed by atoms with Crippen molar-refractivity contribution in [3.63, 3.8) is 0 Å². The van der Waals surface area contributed by atoms with Crippen molar-refractivity contribution < 1.29 is 22.4 Å². The Labute approximate surface area is 202 Å². The third kappa shape index (κ3) is 7.03. The quantitative estimate of drug-likeness (QED) is 0.551. The normalized spacial score (nSPS) is 13.1. The zero-order chi connectivity index (χ0) is 25.6. The highest BCUT2D eigenvalue weighted by Crippen LogP contribution is 2.24. The van der Waals surface area contributed by atoms with Gasteiger partial charge in [0.25, 0.3) is 0 Å². The maximum absolute atomic E-state index is 14.4. The molecule has 0 aliphatic heterocycles. The van der Waals surface area contributed by atoms with Gasteiger partial charge in [0.05, 0.1) is 11.9 Å². The van der Waals surface area contributed by atoms with E-state index in [2.05, 4.69) is 5.32 Å². The third-order valence-corrected chi connectivity index (χ3v) is 6.91. The van der Waals surface area contributed by atoms with Gasteiger partial charge in [-0.1, -0.05) is 37.3 Å². The summed E-state index contributed by atoms with van der Waals surface area (Å²) in [5.41, 5.74) is 2.15. The molecule has 0 aromatic heterocycles. The molecule has 0 aliphatic carbocycles. The number of sulfonamides is 1. The maximum atomic E-state index is 14.4. The molecule has 2 aromatic carbocycles. The molecule has 2 amide bonds. The summed E-state index contributed by atoms with van der Waals surface area (Å²) in [6.07, 6.45) is 1.73. The van der Waals surface area contributed by atoms with Gasteiger partial charge >= 0.3 is 0 Å². The summed E-state index contributed by atoms with van der Waals surface area (Å²) in [5, 5.41) is 2.84. The highest BCUT2D eigenvalue weighted by Gasteiger charge is 2.31. The largest absolute Gasteiger partial charge is 0.352 e. The van der Waals surface area contributed by atoms with Gasteiger partial charge in [0, 0.05) is 18.2 Å². The van der Waals surface area contributed by atoms with Gasteiger partial charge in [-0.15, -0.1) is 0 Å². The third-order valence-electron chi connectivity index (χ3n) is 5.78. The SMILES string of the molecule is CC[C@@H](C)NC(=O)[C@H](C)N(Cc1ccccc1F)C(=O)CN(c1cc(C)ccc1C)S(C)(=O)=O. The van der Waals surface area contributed by atoms with Crippen LogP contribution in [-0.4, -0.2) is 50.0 Å². The molecule has 0 fully saturated rings. The number of anilines is 1. The monoisotopic (exact) mass is 491 g/mol. The summed E-state index contributed by atoms with van der Waals surface area (Å²) in [7, 11) is -3.82. The molecule has 2 atom stereocenters. The van der Waals surface area contributed by atoms with Crippen LogP contribution in [-0.2, 0) is 26.2 Å². The van der Waals surface area contributed by atoms with Crippen molar-refractivity contribution >= 4 is 27.5 Å². The molecule has 0 saturated carbocycles. The van der Waals surface area contributed by atoms with Crippen molar-refractivity contribution in [2.45, 2.75) is 59.7 Å². The fraction of sp³-hybridized carbons (Fsp3) is 0.440. The first-order valence-corrected chi connectivity index (χ1v) is 13.1. The number of benzene rings is 2. The van der Waals surface area contributed by atoms with E-state index in [1.807, 2.05) is 26.8 Å². The lowest BCUT2D eigenvalue weighted by molar-refractivity contribution is -0.139. The Bertz CT molecular complexity index is 1140. The Morgan fingerprint density at radius 3 is 2.32 bits per heavy atom. The van der Waals surface area contributed by atoms with Crippen LogP contribution in [0.15, 0.2) is 42.5 Å². The molecule has 0 bridgehead atoms. The number of aryl methyl sites for hydroxylation is 2. The van der Waals surface area contributed by atoms with Crippen LogP contribution < -0.4 is 9.62 Å². The van der Waals surface area contributed by atoms with Crippen LogP contribution in [0.1, 0.15) is 43.9 Å². The van der Waals surface area contributed by atoms with E-state index in [9.17, 15) is 22.4 Å². The summed E-state index contributed by atoms with van der Waals surface area (Å²) in [5.74, 6) is -1.51. The Balaban J connectivity index is 2.45. The van der Waals surface area contributed by atoms with E-state index in [0.29, 0.717) is 17.7 Å². The van der Waals surface area contributed by atoms with E-state index in [1.165, 1.54) is 23.1 Å². The summed E-state index contributed by atoms with van der Waals surface area (Å²) < 4.78 is 40.8. The van der Waals surface area contributed by atoms with Crippen LogP contribution in [0.4, 0.5) is 10.1 Å². The maximum Gasteiger partial charge on any atom is 0.244 e. The van der Waals surface area contributed by atoms with Crippen LogP contribution in [0.25, 0.3) is 0 Å². The molecule has 1 N–H and O–H groups in total. The fourth-order valence-electron chi connectivity index (χ4n) is 3.44. The van der Waals surface area contributed by atoms with Gasteiger partial charge in [0.2, 0.25) is 21.8 Å². The first-order chi connectivity index (χ1) is 15.8. The number of nitrogens with one attached hydrogen (secondary N) is 1. The fourth-order valence-corrected chi connectivity index (χ4v) is 4.34. The van der Waals surface area contributed by atoms with Crippen molar-refractivity contribution in [1.29, 1.82) is 0 Å². The second-order valence-electron chi connectivity index (χ2n) is 8.67. The van der Waals surface area contributed by atoms with Crippen LogP contribution >= 0.6 is 0 Å². The van der Waals surface area contributed by atoms with Crippen LogP contribution in [0.3, 0.4) is 0 Å². The molecule has 2 aromatic rings. The minimum atomic E-state index is -3.82. The lowest BCUT2D eigenvalue weighted by atomic mass is 10.1. The first kappa shape index (κ1) is 27.3. The van der Waals surface area contributed by atoms with Gasteiger partial charge in [-0.05, 0) is 57.4 Å². The molecule has 0 unspecified atom stereocenters. The van der Waals surface area contributed by atoms with E-state index in [-0.39, 0.29) is 18.2 Å².